The van der Waals surface area contributed by atoms with Crippen molar-refractivity contribution in [3.63, 3.8) is 0 Å². The Morgan fingerprint density at radius 1 is 1.00 bits per heavy atom. The summed E-state index contributed by atoms with van der Waals surface area (Å²) < 4.78 is 0. The summed E-state index contributed by atoms with van der Waals surface area (Å²) in [5.74, 6) is 0. The summed E-state index contributed by atoms with van der Waals surface area (Å²) >= 11 is 0. The molecule has 0 heterocycles. The molecule has 0 aromatic rings. The van der Waals surface area contributed by atoms with Crippen LogP contribution < -0.4 is 10.2 Å². The van der Waals surface area contributed by atoms with Crippen molar-refractivity contribution in [2.45, 2.75) is 0 Å². The van der Waals surface area contributed by atoms with Crippen molar-refractivity contribution in [1.82, 2.24) is 0 Å². The van der Waals surface area contributed by atoms with Gasteiger partial charge in [0.15, 0.2) is 0 Å². The largest absolute Gasteiger partial charge is 2.00 e. The maximum atomic E-state index is 8.33. The molecule has 0 aliphatic heterocycles. The molecule has 0 saturated carbocycles. The zero-order chi connectivity index (χ0) is 3.58. The molecule has 0 bridgehead atoms. The molecule has 6 nitrogen and oxygen atoms in total. The molecule has 0 unspecified atom stereocenters. The first-order chi connectivity index (χ1) is 1.73. The molecule has 0 aliphatic rings. The van der Waals surface area contributed by atoms with Gasteiger partial charge in [-0.15, -0.1) is 0 Å². The minimum Gasteiger partial charge on any atom is -0.870 e. The summed E-state index contributed by atoms with van der Waals surface area (Å²) in [6.07, 6.45) is -2.33. The Morgan fingerprint density at radius 2 is 1.00 bits per heavy atom. The molecular formula is CH4Mg2O6. The third kappa shape index (κ3) is 832. The van der Waals surface area contributed by atoms with Crippen LogP contribution in [0.1, 0.15) is 0 Å². The number of rotatable bonds is 0. The minimum absolute atomic E-state index is 0. The summed E-state index contributed by atoms with van der Waals surface area (Å²) in [6.45, 7) is 0. The summed E-state index contributed by atoms with van der Waals surface area (Å²) in [7, 11) is 0. The Hall–Kier alpha value is 0.682. The van der Waals surface area contributed by atoms with Crippen molar-refractivity contribution in [2.75, 3.05) is 0 Å². The van der Waals surface area contributed by atoms with E-state index in [0.29, 0.717) is 0 Å². The van der Waals surface area contributed by atoms with E-state index in [1.54, 1.807) is 0 Å². The van der Waals surface area contributed by atoms with Gasteiger partial charge in [0.25, 0.3) is 0 Å². The van der Waals surface area contributed by atoms with Crippen LogP contribution in [0.5, 0.6) is 0 Å². The normalized spacial score (nSPS) is 2.67. The standard InChI is InChI=1S/CH2O3.2Mg.3H2O/c2-1(3)4;;;;;/h(H2,2,3,4);;;3*1H2/q;2*+2;;;/p-4. The van der Waals surface area contributed by atoms with Gasteiger partial charge in [-0.05, 0) is 6.16 Å². The molecule has 0 aromatic heterocycles. The third-order valence-corrected chi connectivity index (χ3v) is 0. The van der Waals surface area contributed by atoms with Gasteiger partial charge in [-0.1, -0.05) is 0 Å². The molecular weight excluding hydrogens is 157 g/mol. The second kappa shape index (κ2) is 37.8. The zero-order valence-electron chi connectivity index (χ0n) is 4.53. The van der Waals surface area contributed by atoms with Gasteiger partial charge in [0.1, 0.15) is 0 Å². The van der Waals surface area contributed by atoms with Gasteiger partial charge in [0.2, 0.25) is 0 Å². The molecule has 48 valence electrons. The topological polar surface area (TPSA) is 155 Å². The van der Waals surface area contributed by atoms with Crippen molar-refractivity contribution in [3.8, 4) is 0 Å². The molecule has 0 rings (SSSR count). The van der Waals surface area contributed by atoms with E-state index in [0.717, 1.165) is 0 Å². The van der Waals surface area contributed by atoms with Crippen LogP contribution in [0, 0.1) is 0 Å². The van der Waals surface area contributed by atoms with Crippen LogP contribution >= 0.6 is 0 Å². The second-order valence-electron chi connectivity index (χ2n) is 0.250. The molecule has 0 saturated heterocycles. The van der Waals surface area contributed by atoms with Crippen molar-refractivity contribution in [3.05, 3.63) is 0 Å². The predicted octanol–water partition coefficient (Wildman–Crippen LogP) is -4.39. The molecule has 9 heavy (non-hydrogen) atoms. The smallest absolute Gasteiger partial charge is 0.870 e. The average Bonchev–Trinajstić information content (AvgIpc) is 0.811. The van der Waals surface area contributed by atoms with E-state index in [2.05, 4.69) is 0 Å². The van der Waals surface area contributed by atoms with E-state index in [4.69, 9.17) is 15.0 Å². The molecule has 4 N–H and O–H groups in total. The number of carbonyl (C=O) groups is 1. The molecule has 0 aromatic carbocycles. The van der Waals surface area contributed by atoms with Crippen LogP contribution in [0.25, 0.3) is 0 Å². The van der Waals surface area contributed by atoms with Gasteiger partial charge in [-0.2, -0.15) is 0 Å². The van der Waals surface area contributed by atoms with Gasteiger partial charge < -0.3 is 31.4 Å². The van der Waals surface area contributed by atoms with Crippen LogP contribution in [0.2, 0.25) is 0 Å². The number of carboxylic acid groups (broad SMARTS) is 2. The van der Waals surface area contributed by atoms with E-state index >= 15 is 0 Å². The van der Waals surface area contributed by atoms with E-state index in [-0.39, 0.29) is 62.5 Å². The van der Waals surface area contributed by atoms with E-state index < -0.39 is 6.16 Å². The van der Waals surface area contributed by atoms with Crippen molar-refractivity contribution < 1.29 is 31.4 Å². The van der Waals surface area contributed by atoms with Crippen molar-refractivity contribution in [2.24, 2.45) is 0 Å². The van der Waals surface area contributed by atoms with Crippen molar-refractivity contribution in [1.29, 1.82) is 0 Å². The first kappa shape index (κ1) is 53.8. The SMILES string of the molecule is O.O=C([O-])[O-].[Mg+2].[Mg+2].[OH-].[OH-]. The Kier molecular flexibility index (Phi) is 226. The summed E-state index contributed by atoms with van der Waals surface area (Å²) in [5.41, 5.74) is 0. The maximum absolute atomic E-state index is 8.33. The third-order valence-electron chi connectivity index (χ3n) is 0. The summed E-state index contributed by atoms with van der Waals surface area (Å²) in [4.78, 5) is 8.33. The fourth-order valence-corrected chi connectivity index (χ4v) is 0. The summed E-state index contributed by atoms with van der Waals surface area (Å²) in [5, 5.41) is 16.7. The van der Waals surface area contributed by atoms with Crippen LogP contribution in [0.3, 0.4) is 0 Å². The van der Waals surface area contributed by atoms with Gasteiger partial charge >= 0.3 is 46.1 Å². The molecule has 0 atom stereocenters. The quantitative estimate of drug-likeness (QED) is 0.327. The molecule has 0 amide bonds. The first-order valence-corrected chi connectivity index (χ1v) is 0.612. The van der Waals surface area contributed by atoms with Gasteiger partial charge in [0.05, 0.1) is 0 Å². The zero-order valence-corrected chi connectivity index (χ0v) is 7.36. The van der Waals surface area contributed by atoms with Gasteiger partial charge in [-0.25, -0.2) is 0 Å². The monoisotopic (exact) mass is 160 g/mol. The molecule has 0 aliphatic carbocycles. The molecule has 0 fully saturated rings. The number of hydrogen-bond acceptors (Lipinski definition) is 5. The average molecular weight is 161 g/mol. The van der Waals surface area contributed by atoms with Gasteiger partial charge in [-0.3, -0.25) is 0 Å². The summed E-state index contributed by atoms with van der Waals surface area (Å²) in [6, 6.07) is 0. The van der Waals surface area contributed by atoms with E-state index in [9.17, 15) is 0 Å². The number of hydrogen-bond donors (Lipinski definition) is 0. The van der Waals surface area contributed by atoms with E-state index in [1.165, 1.54) is 0 Å². The fraction of sp³-hybridized carbons (Fsp3) is 0. The molecule has 8 heteroatoms. The van der Waals surface area contributed by atoms with Gasteiger partial charge in [0, 0.05) is 0 Å². The van der Waals surface area contributed by atoms with Crippen LogP contribution in [-0.4, -0.2) is 68.7 Å². The fourth-order valence-electron chi connectivity index (χ4n) is 0. The minimum atomic E-state index is -2.33. The Labute approximate surface area is 83.5 Å². The van der Waals surface area contributed by atoms with Crippen LogP contribution in [0.15, 0.2) is 0 Å². The first-order valence-electron chi connectivity index (χ1n) is 0.612. The molecule has 0 radical (unpaired) electrons. The van der Waals surface area contributed by atoms with Crippen molar-refractivity contribution >= 4 is 52.3 Å². The Bertz CT molecular complexity index is 34.0. The second-order valence-corrected chi connectivity index (χ2v) is 0.250. The van der Waals surface area contributed by atoms with Crippen LogP contribution in [0.4, 0.5) is 4.79 Å². The Morgan fingerprint density at radius 3 is 1.00 bits per heavy atom. The van der Waals surface area contributed by atoms with E-state index in [1.807, 2.05) is 0 Å². The van der Waals surface area contributed by atoms with Crippen LogP contribution in [-0.2, 0) is 0 Å². The molecule has 0 spiro atoms. The maximum Gasteiger partial charge on any atom is 2.00 e. The predicted molar refractivity (Wildman–Crippen MR) is 24.4 cm³/mol. The number of carbonyl (C=O) groups excluding carboxylic acids is 1. The Balaban J connectivity index is -0.00000000450.